The number of aromatic hydroxyl groups is 1. The molecule has 0 saturated carbocycles. The van der Waals surface area contributed by atoms with E-state index in [0.29, 0.717) is 5.69 Å². The summed E-state index contributed by atoms with van der Waals surface area (Å²) < 4.78 is 0. The third-order valence-electron chi connectivity index (χ3n) is 3.34. The van der Waals surface area contributed by atoms with E-state index >= 15 is 0 Å². The first kappa shape index (κ1) is 13.0. The molecule has 1 aliphatic rings. The van der Waals surface area contributed by atoms with Gasteiger partial charge < -0.3 is 10.0 Å². The SMILES string of the molecule is CN=Cc1nc(CCN2CCCCC2)ccc1O. The van der Waals surface area contributed by atoms with Gasteiger partial charge in [0.15, 0.2) is 0 Å². The molecule has 1 aliphatic heterocycles. The van der Waals surface area contributed by atoms with Crippen LogP contribution in [0.1, 0.15) is 30.7 Å². The van der Waals surface area contributed by atoms with Crippen LogP contribution in [-0.2, 0) is 6.42 Å². The second kappa shape index (κ2) is 6.50. The summed E-state index contributed by atoms with van der Waals surface area (Å²) in [6.45, 7) is 3.48. The van der Waals surface area contributed by atoms with Crippen LogP contribution in [0.2, 0.25) is 0 Å². The predicted octanol–water partition coefficient (Wildman–Crippen LogP) is 1.86. The van der Waals surface area contributed by atoms with Crippen molar-refractivity contribution >= 4 is 6.21 Å². The molecule has 4 heteroatoms. The van der Waals surface area contributed by atoms with Crippen LogP contribution in [0.4, 0.5) is 0 Å². The molecule has 0 atom stereocenters. The molecule has 1 saturated heterocycles. The van der Waals surface area contributed by atoms with E-state index in [4.69, 9.17) is 0 Å². The highest BCUT2D eigenvalue weighted by Crippen LogP contribution is 2.14. The van der Waals surface area contributed by atoms with Crippen molar-refractivity contribution in [1.29, 1.82) is 0 Å². The first-order valence-electron chi connectivity index (χ1n) is 6.63. The Morgan fingerprint density at radius 2 is 2.11 bits per heavy atom. The number of aromatic nitrogens is 1. The van der Waals surface area contributed by atoms with Gasteiger partial charge in [0.25, 0.3) is 0 Å². The summed E-state index contributed by atoms with van der Waals surface area (Å²) in [7, 11) is 1.68. The van der Waals surface area contributed by atoms with E-state index < -0.39 is 0 Å². The second-order valence-electron chi connectivity index (χ2n) is 4.75. The van der Waals surface area contributed by atoms with E-state index in [-0.39, 0.29) is 5.75 Å². The fourth-order valence-corrected chi connectivity index (χ4v) is 2.32. The molecule has 1 aromatic rings. The molecule has 0 bridgehead atoms. The van der Waals surface area contributed by atoms with Crippen LogP contribution in [0.25, 0.3) is 0 Å². The summed E-state index contributed by atoms with van der Waals surface area (Å²) in [5.41, 5.74) is 1.59. The first-order valence-corrected chi connectivity index (χ1v) is 6.63. The lowest BCUT2D eigenvalue weighted by atomic mass is 10.1. The molecular formula is C14H21N3O. The fraction of sp³-hybridized carbons (Fsp3) is 0.571. The van der Waals surface area contributed by atoms with Gasteiger partial charge in [-0.05, 0) is 38.1 Å². The number of aliphatic imine (C=N–C) groups is 1. The maximum atomic E-state index is 9.62. The van der Waals surface area contributed by atoms with Crippen molar-refractivity contribution in [3.05, 3.63) is 23.5 Å². The van der Waals surface area contributed by atoms with E-state index in [9.17, 15) is 5.11 Å². The zero-order valence-electron chi connectivity index (χ0n) is 11.0. The smallest absolute Gasteiger partial charge is 0.142 e. The van der Waals surface area contributed by atoms with Crippen molar-refractivity contribution in [1.82, 2.24) is 9.88 Å². The zero-order chi connectivity index (χ0) is 12.8. The average molecular weight is 247 g/mol. The summed E-state index contributed by atoms with van der Waals surface area (Å²) in [5, 5.41) is 9.62. The Kier molecular flexibility index (Phi) is 4.70. The minimum absolute atomic E-state index is 0.197. The first-order chi connectivity index (χ1) is 8.79. The number of pyridine rings is 1. The topological polar surface area (TPSA) is 48.7 Å². The lowest BCUT2D eigenvalue weighted by molar-refractivity contribution is 0.231. The number of likely N-dealkylation sites (tertiary alicyclic amines) is 1. The van der Waals surface area contributed by atoms with Crippen LogP contribution in [0.5, 0.6) is 5.75 Å². The summed E-state index contributed by atoms with van der Waals surface area (Å²) in [4.78, 5) is 10.8. The molecule has 18 heavy (non-hydrogen) atoms. The maximum absolute atomic E-state index is 9.62. The van der Waals surface area contributed by atoms with Gasteiger partial charge in [-0.15, -0.1) is 0 Å². The lowest BCUT2D eigenvalue weighted by Gasteiger charge is -2.26. The summed E-state index contributed by atoms with van der Waals surface area (Å²) in [6, 6.07) is 3.60. The largest absolute Gasteiger partial charge is 0.506 e. The van der Waals surface area contributed by atoms with Gasteiger partial charge in [0.05, 0.1) is 6.21 Å². The minimum atomic E-state index is 0.197. The molecule has 2 rings (SSSR count). The van der Waals surface area contributed by atoms with Crippen molar-refractivity contribution in [2.45, 2.75) is 25.7 Å². The molecule has 0 amide bonds. The number of nitrogens with zero attached hydrogens (tertiary/aromatic N) is 3. The third-order valence-corrected chi connectivity index (χ3v) is 3.34. The molecule has 2 heterocycles. The van der Waals surface area contributed by atoms with Crippen LogP contribution in [0.15, 0.2) is 17.1 Å². The molecule has 1 N–H and O–H groups in total. The molecular weight excluding hydrogens is 226 g/mol. The molecule has 0 aromatic carbocycles. The minimum Gasteiger partial charge on any atom is -0.506 e. The summed E-state index contributed by atoms with van der Waals surface area (Å²) >= 11 is 0. The highest BCUT2D eigenvalue weighted by molar-refractivity contribution is 5.80. The van der Waals surface area contributed by atoms with Gasteiger partial charge in [0.2, 0.25) is 0 Å². The predicted molar refractivity (Wildman–Crippen MR) is 73.4 cm³/mol. The van der Waals surface area contributed by atoms with Gasteiger partial charge in [-0.2, -0.15) is 0 Å². The van der Waals surface area contributed by atoms with Gasteiger partial charge in [-0.3, -0.25) is 4.99 Å². The Morgan fingerprint density at radius 3 is 2.83 bits per heavy atom. The molecule has 1 aromatic heterocycles. The van der Waals surface area contributed by atoms with Crippen molar-refractivity contribution in [2.75, 3.05) is 26.7 Å². The lowest BCUT2D eigenvalue weighted by Crippen LogP contribution is -2.31. The quantitative estimate of drug-likeness (QED) is 0.826. The Morgan fingerprint density at radius 1 is 1.33 bits per heavy atom. The van der Waals surface area contributed by atoms with Crippen LogP contribution in [0, 0.1) is 0 Å². The van der Waals surface area contributed by atoms with Crippen LogP contribution in [0.3, 0.4) is 0 Å². The van der Waals surface area contributed by atoms with E-state index in [0.717, 1.165) is 18.7 Å². The van der Waals surface area contributed by atoms with Crippen LogP contribution >= 0.6 is 0 Å². The van der Waals surface area contributed by atoms with Crippen LogP contribution < -0.4 is 0 Å². The third kappa shape index (κ3) is 3.53. The molecule has 0 aliphatic carbocycles. The van der Waals surface area contributed by atoms with E-state index in [1.54, 1.807) is 19.3 Å². The molecule has 1 fully saturated rings. The molecule has 98 valence electrons. The van der Waals surface area contributed by atoms with Crippen molar-refractivity contribution < 1.29 is 5.11 Å². The van der Waals surface area contributed by atoms with E-state index in [2.05, 4.69) is 14.9 Å². The Bertz CT molecular complexity index is 412. The molecule has 4 nitrogen and oxygen atoms in total. The van der Waals surface area contributed by atoms with E-state index in [1.807, 2.05) is 6.07 Å². The van der Waals surface area contributed by atoms with Crippen molar-refractivity contribution in [2.24, 2.45) is 4.99 Å². The molecule has 0 radical (unpaired) electrons. The van der Waals surface area contributed by atoms with Crippen LogP contribution in [-0.4, -0.2) is 47.9 Å². The number of hydrogen-bond acceptors (Lipinski definition) is 4. The van der Waals surface area contributed by atoms with Gasteiger partial charge in [-0.1, -0.05) is 6.42 Å². The summed E-state index contributed by atoms with van der Waals surface area (Å²) in [5.74, 6) is 0.197. The highest BCUT2D eigenvalue weighted by Gasteiger charge is 2.10. The maximum Gasteiger partial charge on any atom is 0.142 e. The summed E-state index contributed by atoms with van der Waals surface area (Å²) in [6.07, 6.45) is 6.53. The molecule has 0 unspecified atom stereocenters. The van der Waals surface area contributed by atoms with Crippen molar-refractivity contribution in [3.63, 3.8) is 0 Å². The Labute approximate surface area is 108 Å². The monoisotopic (exact) mass is 247 g/mol. The van der Waals surface area contributed by atoms with E-state index in [1.165, 1.54) is 32.4 Å². The number of piperidine rings is 1. The second-order valence-corrected chi connectivity index (χ2v) is 4.75. The zero-order valence-corrected chi connectivity index (χ0v) is 11.0. The average Bonchev–Trinajstić information content (AvgIpc) is 2.41. The highest BCUT2D eigenvalue weighted by atomic mass is 16.3. The Balaban J connectivity index is 1.94. The Hall–Kier alpha value is -1.42. The van der Waals surface area contributed by atoms with Crippen molar-refractivity contribution in [3.8, 4) is 5.75 Å². The molecule has 0 spiro atoms. The van der Waals surface area contributed by atoms with Gasteiger partial charge in [0.1, 0.15) is 11.4 Å². The van der Waals surface area contributed by atoms with Gasteiger partial charge >= 0.3 is 0 Å². The normalized spacial score (nSPS) is 17.4. The van der Waals surface area contributed by atoms with Gasteiger partial charge in [-0.25, -0.2) is 4.98 Å². The number of hydrogen-bond donors (Lipinski definition) is 1. The standard InChI is InChI=1S/C14H21N3O/c1-15-11-13-14(18)6-5-12(16-13)7-10-17-8-3-2-4-9-17/h5-6,11,18H,2-4,7-10H2,1H3. The number of rotatable bonds is 4. The fourth-order valence-electron chi connectivity index (χ4n) is 2.32. The van der Waals surface area contributed by atoms with Gasteiger partial charge in [0, 0.05) is 25.7 Å².